The van der Waals surface area contributed by atoms with E-state index in [2.05, 4.69) is 11.9 Å². The monoisotopic (exact) mass is 334 g/mol. The molecule has 0 aromatic heterocycles. The van der Waals surface area contributed by atoms with E-state index in [4.69, 9.17) is 0 Å². The summed E-state index contributed by atoms with van der Waals surface area (Å²) in [6.07, 6.45) is 4.31. The molecule has 6 heteroatoms. The van der Waals surface area contributed by atoms with E-state index in [0.29, 0.717) is 32.5 Å². The van der Waals surface area contributed by atoms with E-state index in [0.717, 1.165) is 5.56 Å². The lowest BCUT2D eigenvalue weighted by molar-refractivity contribution is -0.125. The molecule has 1 aliphatic heterocycles. The van der Waals surface area contributed by atoms with E-state index < -0.39 is 10.0 Å². The number of piperidine rings is 1. The number of nitrogens with one attached hydrogen (secondary N) is 1. The number of hydrogen-bond acceptors (Lipinski definition) is 3. The molecule has 1 aromatic rings. The average Bonchev–Trinajstić information content (AvgIpc) is 2.59. The number of rotatable bonds is 6. The molecule has 0 aliphatic carbocycles. The molecular formula is C17H22N2O3S. The highest BCUT2D eigenvalue weighted by atomic mass is 32.2. The van der Waals surface area contributed by atoms with Crippen molar-refractivity contribution in [2.45, 2.75) is 12.8 Å². The molecule has 0 saturated carbocycles. The van der Waals surface area contributed by atoms with Crippen LogP contribution in [0.5, 0.6) is 0 Å². The van der Waals surface area contributed by atoms with Crippen LogP contribution in [0.2, 0.25) is 0 Å². The molecule has 5 nitrogen and oxygen atoms in total. The maximum absolute atomic E-state index is 12.3. The van der Waals surface area contributed by atoms with Crippen LogP contribution in [0.4, 0.5) is 0 Å². The second-order valence-electron chi connectivity index (χ2n) is 5.47. The number of carbonyl (C=O) groups is 1. The van der Waals surface area contributed by atoms with Crippen molar-refractivity contribution in [3.63, 3.8) is 0 Å². The number of carbonyl (C=O) groups excluding carboxylic acids is 1. The van der Waals surface area contributed by atoms with Gasteiger partial charge < -0.3 is 5.32 Å². The molecule has 1 N–H and O–H groups in total. The smallest absolute Gasteiger partial charge is 0.236 e. The van der Waals surface area contributed by atoms with Gasteiger partial charge >= 0.3 is 0 Å². The Bertz CT molecular complexity index is 660. The van der Waals surface area contributed by atoms with Crippen molar-refractivity contribution < 1.29 is 13.2 Å². The third-order valence-electron chi connectivity index (χ3n) is 3.84. The minimum atomic E-state index is -3.44. The van der Waals surface area contributed by atoms with Crippen LogP contribution in [0.3, 0.4) is 0 Å². The molecule has 1 amide bonds. The van der Waals surface area contributed by atoms with Crippen LogP contribution in [-0.4, -0.2) is 38.3 Å². The summed E-state index contributed by atoms with van der Waals surface area (Å²) < 4.78 is 26.1. The van der Waals surface area contributed by atoms with E-state index in [9.17, 15) is 13.2 Å². The molecule has 0 atom stereocenters. The van der Waals surface area contributed by atoms with Gasteiger partial charge in [-0.1, -0.05) is 36.4 Å². The first kappa shape index (κ1) is 17.4. The molecule has 23 heavy (non-hydrogen) atoms. The fourth-order valence-electron chi connectivity index (χ4n) is 2.50. The van der Waals surface area contributed by atoms with E-state index in [1.54, 1.807) is 12.2 Å². The van der Waals surface area contributed by atoms with Gasteiger partial charge in [-0.2, -0.15) is 4.31 Å². The molecule has 1 aliphatic rings. The van der Waals surface area contributed by atoms with E-state index >= 15 is 0 Å². The lowest BCUT2D eigenvalue weighted by atomic mass is 9.97. The third-order valence-corrected chi connectivity index (χ3v) is 5.40. The fraction of sp³-hybridized carbons (Fsp3) is 0.353. The largest absolute Gasteiger partial charge is 0.352 e. The van der Waals surface area contributed by atoms with Crippen molar-refractivity contribution in [2.24, 2.45) is 5.92 Å². The van der Waals surface area contributed by atoms with Gasteiger partial charge in [-0.3, -0.25) is 4.79 Å². The predicted molar refractivity (Wildman–Crippen MR) is 91.9 cm³/mol. The van der Waals surface area contributed by atoms with E-state index in [1.165, 1.54) is 9.71 Å². The Labute approximate surface area is 137 Å². The number of nitrogens with zero attached hydrogens (tertiary/aromatic N) is 1. The summed E-state index contributed by atoms with van der Waals surface area (Å²) in [5, 5.41) is 4.00. The van der Waals surface area contributed by atoms with Crippen LogP contribution >= 0.6 is 0 Å². The van der Waals surface area contributed by atoms with Crippen LogP contribution in [0, 0.1) is 5.92 Å². The van der Waals surface area contributed by atoms with Gasteiger partial charge in [0.15, 0.2) is 0 Å². The van der Waals surface area contributed by atoms with Crippen molar-refractivity contribution in [2.75, 3.05) is 19.6 Å². The van der Waals surface area contributed by atoms with Gasteiger partial charge in [0, 0.05) is 31.0 Å². The first-order valence-corrected chi connectivity index (χ1v) is 9.15. The number of amides is 1. The normalized spacial score (nSPS) is 17.2. The molecule has 0 unspecified atom stereocenters. The van der Waals surface area contributed by atoms with Crippen LogP contribution in [0.1, 0.15) is 18.4 Å². The van der Waals surface area contributed by atoms with Crippen LogP contribution in [0.15, 0.2) is 48.4 Å². The standard InChI is InChI=1S/C17H22N2O3S/c1-2-11-18-17(20)16-8-12-19(13-9-16)23(21,22)14-10-15-6-4-3-5-7-15/h2-7,10,14,16H,1,8-9,11-13H2,(H,18,20)/b14-10+. The zero-order chi connectivity index (χ0) is 16.7. The number of sulfonamides is 1. The Kier molecular flexibility index (Phi) is 6.12. The highest BCUT2D eigenvalue weighted by Crippen LogP contribution is 2.21. The Morgan fingerprint density at radius 3 is 2.52 bits per heavy atom. The Morgan fingerprint density at radius 1 is 1.26 bits per heavy atom. The summed E-state index contributed by atoms with van der Waals surface area (Å²) in [6, 6.07) is 9.30. The first-order chi connectivity index (χ1) is 11.0. The van der Waals surface area contributed by atoms with Gasteiger partial charge in [-0.25, -0.2) is 8.42 Å². The van der Waals surface area contributed by atoms with Crippen molar-refractivity contribution in [1.29, 1.82) is 0 Å². The Balaban J connectivity index is 1.92. The van der Waals surface area contributed by atoms with Crippen LogP contribution in [0.25, 0.3) is 6.08 Å². The minimum absolute atomic E-state index is 0.0261. The molecule has 2 rings (SSSR count). The summed E-state index contributed by atoms with van der Waals surface area (Å²) in [5.74, 6) is -0.152. The average molecular weight is 334 g/mol. The number of benzene rings is 1. The summed E-state index contributed by atoms with van der Waals surface area (Å²) in [6.45, 7) is 4.74. The molecule has 0 spiro atoms. The fourth-order valence-corrected chi connectivity index (χ4v) is 3.73. The molecular weight excluding hydrogens is 312 g/mol. The topological polar surface area (TPSA) is 66.5 Å². The van der Waals surface area contributed by atoms with Crippen molar-refractivity contribution in [3.8, 4) is 0 Å². The zero-order valence-corrected chi connectivity index (χ0v) is 13.8. The minimum Gasteiger partial charge on any atom is -0.352 e. The van der Waals surface area contributed by atoms with E-state index in [1.807, 2.05) is 30.3 Å². The maximum Gasteiger partial charge on any atom is 0.236 e. The molecule has 124 valence electrons. The van der Waals surface area contributed by atoms with Crippen molar-refractivity contribution in [3.05, 3.63) is 54.0 Å². The Morgan fingerprint density at radius 2 is 1.91 bits per heavy atom. The molecule has 0 bridgehead atoms. The summed E-state index contributed by atoms with van der Waals surface area (Å²) in [4.78, 5) is 11.9. The van der Waals surface area contributed by atoms with Gasteiger partial charge in [-0.05, 0) is 24.5 Å². The molecule has 0 radical (unpaired) electrons. The zero-order valence-electron chi connectivity index (χ0n) is 13.0. The quantitative estimate of drug-likeness (QED) is 0.809. The Hall–Kier alpha value is -1.92. The summed E-state index contributed by atoms with van der Waals surface area (Å²) in [7, 11) is -3.44. The maximum atomic E-state index is 12.3. The third kappa shape index (κ3) is 5.04. The molecule has 1 saturated heterocycles. The van der Waals surface area contributed by atoms with Crippen molar-refractivity contribution in [1.82, 2.24) is 9.62 Å². The van der Waals surface area contributed by atoms with Gasteiger partial charge in [0.25, 0.3) is 0 Å². The highest BCUT2D eigenvalue weighted by molar-refractivity contribution is 7.92. The van der Waals surface area contributed by atoms with Crippen LogP contribution < -0.4 is 5.32 Å². The van der Waals surface area contributed by atoms with E-state index in [-0.39, 0.29) is 11.8 Å². The van der Waals surface area contributed by atoms with Crippen molar-refractivity contribution >= 4 is 22.0 Å². The van der Waals surface area contributed by atoms with Gasteiger partial charge in [0.2, 0.25) is 15.9 Å². The summed E-state index contributed by atoms with van der Waals surface area (Å²) in [5.41, 5.74) is 0.842. The second kappa shape index (κ2) is 8.08. The molecule has 1 fully saturated rings. The lowest BCUT2D eigenvalue weighted by Gasteiger charge is -2.29. The lowest BCUT2D eigenvalue weighted by Crippen LogP contribution is -2.42. The van der Waals surface area contributed by atoms with Gasteiger partial charge in [0.1, 0.15) is 0 Å². The first-order valence-electron chi connectivity index (χ1n) is 7.65. The van der Waals surface area contributed by atoms with Gasteiger partial charge in [-0.15, -0.1) is 6.58 Å². The second-order valence-corrected chi connectivity index (χ2v) is 7.28. The molecule has 1 heterocycles. The van der Waals surface area contributed by atoms with Crippen LogP contribution in [-0.2, 0) is 14.8 Å². The number of hydrogen-bond donors (Lipinski definition) is 1. The SMILES string of the molecule is C=CCNC(=O)C1CCN(S(=O)(=O)/C=C/c2ccccc2)CC1. The predicted octanol–water partition coefficient (Wildman–Crippen LogP) is 2.00. The highest BCUT2D eigenvalue weighted by Gasteiger charge is 2.29. The molecule has 1 aromatic carbocycles. The van der Waals surface area contributed by atoms with Gasteiger partial charge in [0.05, 0.1) is 0 Å². The summed E-state index contributed by atoms with van der Waals surface area (Å²) >= 11 is 0.